The summed E-state index contributed by atoms with van der Waals surface area (Å²) < 4.78 is 0.844. The van der Waals surface area contributed by atoms with E-state index in [0.717, 1.165) is 28.1 Å². The third kappa shape index (κ3) is 2.59. The summed E-state index contributed by atoms with van der Waals surface area (Å²) >= 11 is 15.2. The molecule has 2 nitrogen and oxygen atoms in total. The van der Waals surface area contributed by atoms with E-state index in [1.807, 2.05) is 19.1 Å². The van der Waals surface area contributed by atoms with Gasteiger partial charge in [0.2, 0.25) is 0 Å². The molecule has 0 aliphatic heterocycles. The number of hydrogen-bond acceptors (Lipinski definition) is 1. The molecular weight excluding hydrogens is 311 g/mol. The number of nitrogens with zero attached hydrogens (tertiary/aromatic N) is 1. The van der Waals surface area contributed by atoms with Gasteiger partial charge in [0.15, 0.2) is 0 Å². The molecule has 84 valence electrons. The summed E-state index contributed by atoms with van der Waals surface area (Å²) in [6.45, 7) is 1.92. The van der Waals surface area contributed by atoms with Gasteiger partial charge in [-0.1, -0.05) is 29.3 Å². The number of H-pyrrole nitrogens is 1. The second-order valence-corrected chi connectivity index (χ2v) is 5.08. The van der Waals surface area contributed by atoms with Crippen LogP contribution < -0.4 is 0 Å². The molecule has 0 aliphatic carbocycles. The number of aryl methyl sites for hydroxylation is 1. The number of aromatic amines is 1. The van der Waals surface area contributed by atoms with E-state index < -0.39 is 0 Å². The van der Waals surface area contributed by atoms with Crippen molar-refractivity contribution in [3.8, 4) is 0 Å². The number of benzene rings is 1. The lowest BCUT2D eigenvalue weighted by molar-refractivity contribution is 1.07. The van der Waals surface area contributed by atoms with Gasteiger partial charge in [-0.25, -0.2) is 4.98 Å². The molecule has 0 aliphatic rings. The van der Waals surface area contributed by atoms with Crippen LogP contribution in [0.1, 0.15) is 17.1 Å². The molecule has 16 heavy (non-hydrogen) atoms. The molecule has 0 saturated heterocycles. The molecule has 0 bridgehead atoms. The molecule has 2 aromatic rings. The monoisotopic (exact) mass is 318 g/mol. The molecule has 5 heteroatoms. The third-order valence-electron chi connectivity index (χ3n) is 2.21. The zero-order valence-electron chi connectivity index (χ0n) is 8.52. The van der Waals surface area contributed by atoms with Gasteiger partial charge in [0, 0.05) is 6.42 Å². The number of rotatable bonds is 2. The summed E-state index contributed by atoms with van der Waals surface area (Å²) in [4.78, 5) is 7.44. The Hall–Kier alpha value is -0.510. The summed E-state index contributed by atoms with van der Waals surface area (Å²) in [6, 6.07) is 5.62. The number of hydrogen-bond donors (Lipinski definition) is 1. The highest BCUT2D eigenvalue weighted by Gasteiger charge is 2.07. The fraction of sp³-hybridized carbons (Fsp3) is 0.182. The Bertz CT molecular complexity index is 523. The lowest BCUT2D eigenvalue weighted by Crippen LogP contribution is -1.89. The topological polar surface area (TPSA) is 28.7 Å². The van der Waals surface area contributed by atoms with Gasteiger partial charge in [-0.2, -0.15) is 0 Å². The first-order chi connectivity index (χ1) is 7.56. The lowest BCUT2D eigenvalue weighted by atomic mass is 10.1. The van der Waals surface area contributed by atoms with Crippen molar-refractivity contribution >= 4 is 39.1 Å². The second-order valence-electron chi connectivity index (χ2n) is 3.52. The van der Waals surface area contributed by atoms with Crippen LogP contribution in [0.4, 0.5) is 0 Å². The van der Waals surface area contributed by atoms with E-state index >= 15 is 0 Å². The van der Waals surface area contributed by atoms with Crippen LogP contribution in [-0.4, -0.2) is 9.97 Å². The van der Waals surface area contributed by atoms with Crippen LogP contribution in [0.3, 0.4) is 0 Å². The lowest BCUT2D eigenvalue weighted by Gasteiger charge is -2.02. The van der Waals surface area contributed by atoms with E-state index in [1.54, 1.807) is 6.07 Å². The van der Waals surface area contributed by atoms with Crippen LogP contribution in [0.25, 0.3) is 0 Å². The van der Waals surface area contributed by atoms with Crippen molar-refractivity contribution in [1.82, 2.24) is 9.97 Å². The molecule has 2 rings (SSSR count). The van der Waals surface area contributed by atoms with E-state index in [9.17, 15) is 0 Å². The van der Waals surface area contributed by atoms with E-state index in [1.165, 1.54) is 0 Å². The number of aromatic nitrogens is 2. The second kappa shape index (κ2) is 4.78. The Morgan fingerprint density at radius 3 is 2.62 bits per heavy atom. The molecule has 0 fully saturated rings. The molecule has 1 aromatic carbocycles. The molecule has 1 aromatic heterocycles. The van der Waals surface area contributed by atoms with E-state index in [2.05, 4.69) is 25.9 Å². The maximum Gasteiger partial charge on any atom is 0.127 e. The smallest absolute Gasteiger partial charge is 0.127 e. The molecule has 0 atom stereocenters. The Morgan fingerprint density at radius 1 is 1.31 bits per heavy atom. The highest BCUT2D eigenvalue weighted by Crippen LogP contribution is 2.25. The average molecular weight is 320 g/mol. The van der Waals surface area contributed by atoms with Crippen molar-refractivity contribution in [1.29, 1.82) is 0 Å². The minimum atomic E-state index is 0.574. The summed E-state index contributed by atoms with van der Waals surface area (Å²) in [6.07, 6.45) is 0.748. The van der Waals surface area contributed by atoms with Crippen LogP contribution in [0, 0.1) is 6.92 Å². The normalized spacial score (nSPS) is 10.8. The predicted octanol–water partition coefficient (Wildman–Crippen LogP) is 4.38. The summed E-state index contributed by atoms with van der Waals surface area (Å²) in [5, 5.41) is 1.15. The maximum absolute atomic E-state index is 5.96. The highest BCUT2D eigenvalue weighted by atomic mass is 79.9. The van der Waals surface area contributed by atoms with Gasteiger partial charge < -0.3 is 4.98 Å². The molecule has 0 spiro atoms. The molecular formula is C11H9BrCl2N2. The first kappa shape index (κ1) is 12.0. The van der Waals surface area contributed by atoms with Gasteiger partial charge in [-0.3, -0.25) is 0 Å². The maximum atomic E-state index is 5.96. The quantitative estimate of drug-likeness (QED) is 0.874. The van der Waals surface area contributed by atoms with Crippen molar-refractivity contribution in [2.75, 3.05) is 0 Å². The fourth-order valence-electron chi connectivity index (χ4n) is 1.48. The first-order valence-corrected chi connectivity index (χ1v) is 6.26. The minimum absolute atomic E-state index is 0.574. The van der Waals surface area contributed by atoms with Crippen molar-refractivity contribution in [2.24, 2.45) is 0 Å². The predicted molar refractivity (Wildman–Crippen MR) is 70.3 cm³/mol. The van der Waals surface area contributed by atoms with Crippen LogP contribution in [0.5, 0.6) is 0 Å². The number of imidazole rings is 1. The zero-order valence-corrected chi connectivity index (χ0v) is 11.6. The largest absolute Gasteiger partial charge is 0.345 e. The Labute approximate surface area is 112 Å². The Kier molecular flexibility index (Phi) is 3.57. The zero-order chi connectivity index (χ0) is 11.7. The summed E-state index contributed by atoms with van der Waals surface area (Å²) in [5.74, 6) is 0.891. The van der Waals surface area contributed by atoms with E-state index in [0.29, 0.717) is 10.0 Å². The van der Waals surface area contributed by atoms with Gasteiger partial charge in [0.1, 0.15) is 10.4 Å². The molecule has 0 unspecified atom stereocenters. The van der Waals surface area contributed by atoms with Crippen LogP contribution in [-0.2, 0) is 6.42 Å². The average Bonchev–Trinajstić information content (AvgIpc) is 2.51. The summed E-state index contributed by atoms with van der Waals surface area (Å²) in [7, 11) is 0. The molecule has 0 amide bonds. The van der Waals surface area contributed by atoms with Crippen LogP contribution >= 0.6 is 39.1 Å². The van der Waals surface area contributed by atoms with Crippen molar-refractivity contribution in [2.45, 2.75) is 13.3 Å². The van der Waals surface area contributed by atoms with Crippen molar-refractivity contribution in [3.63, 3.8) is 0 Å². The van der Waals surface area contributed by atoms with Gasteiger partial charge >= 0.3 is 0 Å². The van der Waals surface area contributed by atoms with Crippen molar-refractivity contribution in [3.05, 3.63) is 49.9 Å². The minimum Gasteiger partial charge on any atom is -0.345 e. The molecule has 1 heterocycles. The number of nitrogens with one attached hydrogen (secondary N) is 1. The molecule has 0 saturated carbocycles. The standard InChI is InChI=1S/C11H9BrCl2N2/c1-6-15-10(11(12)16-6)5-7-2-3-8(13)9(14)4-7/h2-4H,5H2,1H3,(H,15,16). The third-order valence-corrected chi connectivity index (χ3v) is 3.61. The van der Waals surface area contributed by atoms with Gasteiger partial charge in [-0.05, 0) is 40.5 Å². The van der Waals surface area contributed by atoms with Crippen molar-refractivity contribution < 1.29 is 0 Å². The Morgan fingerprint density at radius 2 is 2.06 bits per heavy atom. The first-order valence-electron chi connectivity index (χ1n) is 4.71. The Balaban J connectivity index is 2.27. The van der Waals surface area contributed by atoms with E-state index in [4.69, 9.17) is 23.2 Å². The van der Waals surface area contributed by atoms with Crippen LogP contribution in [0.2, 0.25) is 10.0 Å². The fourth-order valence-corrected chi connectivity index (χ4v) is 2.31. The van der Waals surface area contributed by atoms with Gasteiger partial charge in [-0.15, -0.1) is 0 Å². The number of halogens is 3. The molecule has 0 radical (unpaired) electrons. The van der Waals surface area contributed by atoms with E-state index in [-0.39, 0.29) is 0 Å². The van der Waals surface area contributed by atoms with Crippen LogP contribution in [0.15, 0.2) is 22.8 Å². The SMILES string of the molecule is Cc1nc(Br)c(Cc2ccc(Cl)c(Cl)c2)[nH]1. The van der Waals surface area contributed by atoms with Gasteiger partial charge in [0.05, 0.1) is 15.7 Å². The van der Waals surface area contributed by atoms with Gasteiger partial charge in [0.25, 0.3) is 0 Å². The summed E-state index contributed by atoms with van der Waals surface area (Å²) in [5.41, 5.74) is 2.13. The molecule has 1 N–H and O–H groups in total. The highest BCUT2D eigenvalue weighted by molar-refractivity contribution is 9.10.